The van der Waals surface area contributed by atoms with Crippen LogP contribution < -0.4 is 5.32 Å². The summed E-state index contributed by atoms with van der Waals surface area (Å²) in [7, 11) is 1.85. The van der Waals surface area contributed by atoms with Crippen molar-refractivity contribution in [1.29, 1.82) is 0 Å². The zero-order valence-corrected chi connectivity index (χ0v) is 10.5. The second kappa shape index (κ2) is 4.97. The molecule has 0 atom stereocenters. The molecule has 0 bridgehead atoms. The molecule has 0 radical (unpaired) electrons. The summed E-state index contributed by atoms with van der Waals surface area (Å²) in [5.74, 6) is 0.236. The zero-order valence-electron chi connectivity index (χ0n) is 10.5. The van der Waals surface area contributed by atoms with Gasteiger partial charge in [-0.2, -0.15) is 0 Å². The molecule has 0 saturated heterocycles. The lowest BCUT2D eigenvalue weighted by Crippen LogP contribution is -2.55. The summed E-state index contributed by atoms with van der Waals surface area (Å²) in [6.07, 6.45) is 4.90. The Labute approximate surface area is 93.2 Å². The van der Waals surface area contributed by atoms with Gasteiger partial charge in [0.05, 0.1) is 5.54 Å². The molecule has 1 saturated carbocycles. The molecule has 1 rings (SSSR count). The molecule has 1 fully saturated rings. The number of carbonyl (C=O) groups is 1. The van der Waals surface area contributed by atoms with Gasteiger partial charge in [-0.15, -0.1) is 0 Å². The van der Waals surface area contributed by atoms with E-state index >= 15 is 0 Å². The molecule has 3 nitrogen and oxygen atoms in total. The molecule has 0 aromatic heterocycles. The van der Waals surface area contributed by atoms with E-state index in [9.17, 15) is 4.79 Å². The van der Waals surface area contributed by atoms with Crippen LogP contribution in [0.15, 0.2) is 0 Å². The lowest BCUT2D eigenvalue weighted by molar-refractivity contribution is -0.139. The lowest BCUT2D eigenvalue weighted by atomic mass is 10.0. The van der Waals surface area contributed by atoms with E-state index in [1.165, 1.54) is 25.7 Å². The number of likely N-dealkylation sites (N-methyl/N-ethyl adjacent to an activating group) is 2. The highest BCUT2D eigenvalue weighted by atomic mass is 16.2. The van der Waals surface area contributed by atoms with Crippen molar-refractivity contribution in [3.05, 3.63) is 0 Å². The summed E-state index contributed by atoms with van der Waals surface area (Å²) < 4.78 is 0. The quantitative estimate of drug-likeness (QED) is 0.770. The molecule has 3 heteroatoms. The topological polar surface area (TPSA) is 32.3 Å². The Bertz CT molecular complexity index is 220. The maximum Gasteiger partial charge on any atom is 0.242 e. The van der Waals surface area contributed by atoms with E-state index in [4.69, 9.17) is 0 Å². The molecule has 0 unspecified atom stereocenters. The van der Waals surface area contributed by atoms with Gasteiger partial charge in [0.15, 0.2) is 0 Å². The van der Waals surface area contributed by atoms with E-state index in [2.05, 4.69) is 12.2 Å². The number of nitrogens with zero attached hydrogens (tertiary/aromatic N) is 1. The highest BCUT2D eigenvalue weighted by molar-refractivity contribution is 5.85. The van der Waals surface area contributed by atoms with Crippen molar-refractivity contribution in [2.24, 2.45) is 0 Å². The van der Waals surface area contributed by atoms with Crippen molar-refractivity contribution in [2.45, 2.75) is 58.0 Å². The summed E-state index contributed by atoms with van der Waals surface area (Å²) in [5.41, 5.74) is -0.432. The van der Waals surface area contributed by atoms with Gasteiger partial charge in [-0.05, 0) is 40.7 Å². The Morgan fingerprint density at radius 1 is 1.40 bits per heavy atom. The Morgan fingerprint density at radius 2 is 1.93 bits per heavy atom. The van der Waals surface area contributed by atoms with Gasteiger partial charge < -0.3 is 10.2 Å². The first-order valence-corrected chi connectivity index (χ1v) is 6.03. The monoisotopic (exact) mass is 212 g/mol. The number of carbonyl (C=O) groups excluding carboxylic acids is 1. The smallest absolute Gasteiger partial charge is 0.242 e. The maximum atomic E-state index is 12.3. The van der Waals surface area contributed by atoms with Gasteiger partial charge in [-0.25, -0.2) is 0 Å². The molecule has 1 aliphatic rings. The molecule has 1 amide bonds. The van der Waals surface area contributed by atoms with E-state index in [-0.39, 0.29) is 5.91 Å². The van der Waals surface area contributed by atoms with Crippen LogP contribution in [-0.2, 0) is 4.79 Å². The van der Waals surface area contributed by atoms with Crippen LogP contribution in [0, 0.1) is 0 Å². The highest BCUT2D eigenvalue weighted by Gasteiger charge is 2.34. The predicted molar refractivity (Wildman–Crippen MR) is 62.8 cm³/mol. The number of rotatable bonds is 4. The van der Waals surface area contributed by atoms with Crippen molar-refractivity contribution < 1.29 is 4.79 Å². The van der Waals surface area contributed by atoms with Crippen LogP contribution in [-0.4, -0.2) is 36.0 Å². The van der Waals surface area contributed by atoms with Crippen LogP contribution in [0.5, 0.6) is 0 Å². The van der Waals surface area contributed by atoms with Crippen molar-refractivity contribution >= 4 is 5.91 Å². The first-order valence-electron chi connectivity index (χ1n) is 6.03. The summed E-state index contributed by atoms with van der Waals surface area (Å²) >= 11 is 0. The van der Waals surface area contributed by atoms with Crippen LogP contribution in [0.3, 0.4) is 0 Å². The second-order valence-corrected chi connectivity index (χ2v) is 4.90. The first kappa shape index (κ1) is 12.5. The van der Waals surface area contributed by atoms with Crippen LogP contribution in [0.25, 0.3) is 0 Å². The standard InChI is InChI=1S/C12H24N2O/c1-5-14(10-8-6-7-9-10)11(15)12(2,3)13-4/h10,13H,5-9H2,1-4H3. The Hall–Kier alpha value is -0.570. The number of hydrogen-bond acceptors (Lipinski definition) is 2. The average molecular weight is 212 g/mol. The largest absolute Gasteiger partial charge is 0.338 e. The summed E-state index contributed by atoms with van der Waals surface area (Å²) in [6.45, 7) is 6.80. The fraction of sp³-hybridized carbons (Fsp3) is 0.917. The Balaban J connectivity index is 2.69. The maximum absolute atomic E-state index is 12.3. The lowest BCUT2D eigenvalue weighted by Gasteiger charge is -2.35. The van der Waals surface area contributed by atoms with Crippen LogP contribution in [0.2, 0.25) is 0 Å². The summed E-state index contributed by atoms with van der Waals surface area (Å²) in [5, 5.41) is 3.09. The van der Waals surface area contributed by atoms with Gasteiger partial charge in [0.2, 0.25) is 5.91 Å². The van der Waals surface area contributed by atoms with E-state index in [0.717, 1.165) is 6.54 Å². The average Bonchev–Trinajstić information content (AvgIpc) is 2.72. The Morgan fingerprint density at radius 3 is 2.33 bits per heavy atom. The van der Waals surface area contributed by atoms with Gasteiger partial charge in [0, 0.05) is 12.6 Å². The number of hydrogen-bond donors (Lipinski definition) is 1. The minimum atomic E-state index is -0.432. The fourth-order valence-electron chi connectivity index (χ4n) is 2.25. The van der Waals surface area contributed by atoms with Gasteiger partial charge in [-0.3, -0.25) is 4.79 Å². The van der Waals surface area contributed by atoms with Crippen molar-refractivity contribution in [2.75, 3.05) is 13.6 Å². The van der Waals surface area contributed by atoms with Crippen LogP contribution >= 0.6 is 0 Å². The van der Waals surface area contributed by atoms with E-state index in [1.54, 1.807) is 0 Å². The third-order valence-corrected chi connectivity index (χ3v) is 3.53. The van der Waals surface area contributed by atoms with Crippen molar-refractivity contribution in [3.63, 3.8) is 0 Å². The third-order valence-electron chi connectivity index (χ3n) is 3.53. The van der Waals surface area contributed by atoms with Crippen molar-refractivity contribution in [3.8, 4) is 0 Å². The second-order valence-electron chi connectivity index (χ2n) is 4.90. The zero-order chi connectivity index (χ0) is 11.5. The minimum Gasteiger partial charge on any atom is -0.338 e. The number of nitrogens with one attached hydrogen (secondary N) is 1. The molecule has 88 valence electrons. The third kappa shape index (κ3) is 2.71. The SMILES string of the molecule is CCN(C(=O)C(C)(C)NC)C1CCCC1. The molecular weight excluding hydrogens is 188 g/mol. The molecule has 0 aromatic rings. The van der Waals surface area contributed by atoms with Crippen LogP contribution in [0.4, 0.5) is 0 Å². The molecule has 1 N–H and O–H groups in total. The van der Waals surface area contributed by atoms with Gasteiger partial charge in [0.1, 0.15) is 0 Å². The highest BCUT2D eigenvalue weighted by Crippen LogP contribution is 2.25. The van der Waals surface area contributed by atoms with E-state index in [0.29, 0.717) is 6.04 Å². The van der Waals surface area contributed by atoms with Crippen LogP contribution in [0.1, 0.15) is 46.5 Å². The van der Waals surface area contributed by atoms with Gasteiger partial charge >= 0.3 is 0 Å². The number of amides is 1. The fourth-order valence-corrected chi connectivity index (χ4v) is 2.25. The van der Waals surface area contributed by atoms with E-state index < -0.39 is 5.54 Å². The summed E-state index contributed by atoms with van der Waals surface area (Å²) in [4.78, 5) is 14.3. The normalized spacial score (nSPS) is 18.1. The molecule has 0 aliphatic heterocycles. The molecule has 0 heterocycles. The first-order chi connectivity index (χ1) is 7.03. The molecule has 1 aliphatic carbocycles. The Kier molecular flexibility index (Phi) is 4.14. The van der Waals surface area contributed by atoms with Crippen molar-refractivity contribution in [1.82, 2.24) is 10.2 Å². The molecule has 0 spiro atoms. The van der Waals surface area contributed by atoms with E-state index in [1.807, 2.05) is 25.8 Å². The molecular formula is C12H24N2O. The molecule has 0 aromatic carbocycles. The summed E-state index contributed by atoms with van der Waals surface area (Å²) in [6, 6.07) is 0.482. The van der Waals surface area contributed by atoms with Gasteiger partial charge in [-0.1, -0.05) is 12.8 Å². The predicted octanol–water partition coefficient (Wildman–Crippen LogP) is 1.78. The molecule has 15 heavy (non-hydrogen) atoms. The minimum absolute atomic E-state index is 0.236. The van der Waals surface area contributed by atoms with Gasteiger partial charge in [0.25, 0.3) is 0 Å².